The average molecular weight is 207 g/mol. The standard InChI is InChI=1S/C14H25N/c1-5-8-14(11-15)9-6-12(7-10-14)13(2,3)4/h12H,5-10H2,1-4H3. The summed E-state index contributed by atoms with van der Waals surface area (Å²) in [5.74, 6) is 0.816. The smallest absolute Gasteiger partial charge is 0.0689 e. The minimum atomic E-state index is 0.0243. The Kier molecular flexibility index (Phi) is 3.82. The summed E-state index contributed by atoms with van der Waals surface area (Å²) < 4.78 is 0. The zero-order valence-corrected chi connectivity index (χ0v) is 10.8. The summed E-state index contributed by atoms with van der Waals surface area (Å²) in [5, 5.41) is 9.31. The summed E-state index contributed by atoms with van der Waals surface area (Å²) in [6, 6.07) is 2.59. The topological polar surface area (TPSA) is 23.8 Å². The first-order valence-corrected chi connectivity index (χ1v) is 6.35. The van der Waals surface area contributed by atoms with Crippen molar-refractivity contribution in [3.63, 3.8) is 0 Å². The lowest BCUT2D eigenvalue weighted by Crippen LogP contribution is -2.31. The first-order chi connectivity index (χ1) is 6.93. The molecule has 0 atom stereocenters. The highest BCUT2D eigenvalue weighted by Crippen LogP contribution is 2.47. The van der Waals surface area contributed by atoms with Crippen LogP contribution < -0.4 is 0 Å². The Bertz CT molecular complexity index is 233. The third-order valence-corrected chi connectivity index (χ3v) is 4.13. The Hall–Kier alpha value is -0.510. The number of hydrogen-bond donors (Lipinski definition) is 0. The highest BCUT2D eigenvalue weighted by atomic mass is 14.4. The van der Waals surface area contributed by atoms with Gasteiger partial charge >= 0.3 is 0 Å². The van der Waals surface area contributed by atoms with Gasteiger partial charge in [-0.1, -0.05) is 34.1 Å². The van der Waals surface area contributed by atoms with Crippen molar-refractivity contribution in [2.75, 3.05) is 0 Å². The maximum Gasteiger partial charge on any atom is 0.0689 e. The van der Waals surface area contributed by atoms with E-state index in [2.05, 4.69) is 33.8 Å². The van der Waals surface area contributed by atoms with Gasteiger partial charge in [0.25, 0.3) is 0 Å². The van der Waals surface area contributed by atoms with Crippen molar-refractivity contribution < 1.29 is 0 Å². The van der Waals surface area contributed by atoms with Crippen LogP contribution in [-0.2, 0) is 0 Å². The summed E-state index contributed by atoms with van der Waals surface area (Å²) in [7, 11) is 0. The van der Waals surface area contributed by atoms with Crippen molar-refractivity contribution in [2.24, 2.45) is 16.7 Å². The van der Waals surface area contributed by atoms with Gasteiger partial charge in [0.1, 0.15) is 0 Å². The predicted octanol–water partition coefficient (Wildman–Crippen LogP) is 4.53. The quantitative estimate of drug-likeness (QED) is 0.652. The maximum absolute atomic E-state index is 9.31. The van der Waals surface area contributed by atoms with Gasteiger partial charge in [0.05, 0.1) is 11.5 Å². The second-order valence-corrected chi connectivity index (χ2v) is 6.28. The zero-order chi connectivity index (χ0) is 11.5. The van der Waals surface area contributed by atoms with E-state index in [4.69, 9.17) is 0 Å². The van der Waals surface area contributed by atoms with Crippen molar-refractivity contribution in [1.82, 2.24) is 0 Å². The molecule has 0 N–H and O–H groups in total. The highest BCUT2D eigenvalue weighted by molar-refractivity contribution is 5.02. The summed E-state index contributed by atoms with van der Waals surface area (Å²) in [6.07, 6.45) is 6.99. The van der Waals surface area contributed by atoms with Crippen LogP contribution in [0.5, 0.6) is 0 Å². The number of nitrogens with zero attached hydrogens (tertiary/aromatic N) is 1. The van der Waals surface area contributed by atoms with Crippen LogP contribution in [0.15, 0.2) is 0 Å². The molecular formula is C14H25N. The van der Waals surface area contributed by atoms with Crippen LogP contribution in [0.3, 0.4) is 0 Å². The summed E-state index contributed by atoms with van der Waals surface area (Å²) in [4.78, 5) is 0. The third-order valence-electron chi connectivity index (χ3n) is 4.13. The highest BCUT2D eigenvalue weighted by Gasteiger charge is 2.38. The first kappa shape index (κ1) is 12.6. The number of rotatable bonds is 2. The van der Waals surface area contributed by atoms with Crippen LogP contribution in [0.2, 0.25) is 0 Å². The average Bonchev–Trinajstić information content (AvgIpc) is 2.17. The summed E-state index contributed by atoms with van der Waals surface area (Å²) >= 11 is 0. The molecule has 0 aromatic carbocycles. The Morgan fingerprint density at radius 2 is 1.80 bits per heavy atom. The van der Waals surface area contributed by atoms with Crippen molar-refractivity contribution in [3.8, 4) is 6.07 Å². The predicted molar refractivity (Wildman–Crippen MR) is 64.4 cm³/mol. The zero-order valence-electron chi connectivity index (χ0n) is 10.8. The SMILES string of the molecule is CCCC1(C#N)CCC(C(C)(C)C)CC1. The van der Waals surface area contributed by atoms with E-state index >= 15 is 0 Å². The minimum absolute atomic E-state index is 0.0243. The van der Waals surface area contributed by atoms with E-state index in [1.54, 1.807) is 0 Å². The molecule has 15 heavy (non-hydrogen) atoms. The van der Waals surface area contributed by atoms with Crippen LogP contribution in [0.1, 0.15) is 66.2 Å². The van der Waals surface area contributed by atoms with E-state index in [0.717, 1.165) is 31.6 Å². The van der Waals surface area contributed by atoms with E-state index in [0.29, 0.717) is 5.41 Å². The van der Waals surface area contributed by atoms with Gasteiger partial charge in [-0.25, -0.2) is 0 Å². The van der Waals surface area contributed by atoms with Crippen molar-refractivity contribution in [2.45, 2.75) is 66.2 Å². The van der Waals surface area contributed by atoms with Crippen molar-refractivity contribution >= 4 is 0 Å². The van der Waals surface area contributed by atoms with Crippen LogP contribution >= 0.6 is 0 Å². The van der Waals surface area contributed by atoms with Crippen LogP contribution in [0.25, 0.3) is 0 Å². The van der Waals surface area contributed by atoms with E-state index in [9.17, 15) is 5.26 Å². The number of nitriles is 1. The van der Waals surface area contributed by atoms with Gasteiger partial charge in [-0.2, -0.15) is 5.26 Å². The fraction of sp³-hybridized carbons (Fsp3) is 0.929. The van der Waals surface area contributed by atoms with Crippen LogP contribution in [-0.4, -0.2) is 0 Å². The normalized spacial score (nSPS) is 32.3. The lowest BCUT2D eigenvalue weighted by atomic mass is 9.63. The molecule has 86 valence electrons. The van der Waals surface area contributed by atoms with Crippen LogP contribution in [0.4, 0.5) is 0 Å². The summed E-state index contributed by atoms with van der Waals surface area (Å²) in [6.45, 7) is 9.18. The molecule has 1 saturated carbocycles. The maximum atomic E-state index is 9.31. The number of hydrogen-bond acceptors (Lipinski definition) is 1. The third kappa shape index (κ3) is 2.97. The largest absolute Gasteiger partial charge is 0.198 e. The molecule has 1 heteroatoms. The van der Waals surface area contributed by atoms with Gasteiger partial charge in [-0.15, -0.1) is 0 Å². The molecule has 1 aliphatic rings. The Labute approximate surface area is 94.9 Å². The van der Waals surface area contributed by atoms with Gasteiger partial charge < -0.3 is 0 Å². The lowest BCUT2D eigenvalue weighted by molar-refractivity contribution is 0.115. The molecule has 1 aliphatic carbocycles. The van der Waals surface area contributed by atoms with Gasteiger partial charge in [0.2, 0.25) is 0 Å². The molecule has 0 saturated heterocycles. The molecule has 0 aromatic rings. The van der Waals surface area contributed by atoms with E-state index < -0.39 is 0 Å². The molecule has 0 amide bonds. The van der Waals surface area contributed by atoms with Gasteiger partial charge in [0.15, 0.2) is 0 Å². The van der Waals surface area contributed by atoms with E-state index in [1.165, 1.54) is 12.8 Å². The second-order valence-electron chi connectivity index (χ2n) is 6.28. The van der Waals surface area contributed by atoms with Gasteiger partial charge in [-0.05, 0) is 43.4 Å². The van der Waals surface area contributed by atoms with E-state index in [1.807, 2.05) is 0 Å². The molecule has 0 spiro atoms. The van der Waals surface area contributed by atoms with Gasteiger partial charge in [0, 0.05) is 0 Å². The van der Waals surface area contributed by atoms with Crippen molar-refractivity contribution in [3.05, 3.63) is 0 Å². The summed E-state index contributed by atoms with van der Waals surface area (Å²) in [5.41, 5.74) is 0.449. The minimum Gasteiger partial charge on any atom is -0.198 e. The van der Waals surface area contributed by atoms with Crippen molar-refractivity contribution in [1.29, 1.82) is 5.26 Å². The molecular weight excluding hydrogens is 182 g/mol. The Morgan fingerprint density at radius 3 is 2.13 bits per heavy atom. The van der Waals surface area contributed by atoms with Crippen LogP contribution in [0, 0.1) is 28.1 Å². The monoisotopic (exact) mass is 207 g/mol. The molecule has 0 heterocycles. The first-order valence-electron chi connectivity index (χ1n) is 6.35. The van der Waals surface area contributed by atoms with Gasteiger partial charge in [-0.3, -0.25) is 0 Å². The Balaban J connectivity index is 2.58. The molecule has 0 aliphatic heterocycles. The lowest BCUT2D eigenvalue weighted by Gasteiger charge is -2.40. The van der Waals surface area contributed by atoms with E-state index in [-0.39, 0.29) is 5.41 Å². The molecule has 1 nitrogen and oxygen atoms in total. The Morgan fingerprint density at radius 1 is 1.27 bits per heavy atom. The molecule has 0 aromatic heterocycles. The molecule has 0 bridgehead atoms. The molecule has 1 rings (SSSR count). The fourth-order valence-corrected chi connectivity index (χ4v) is 2.93. The molecule has 0 unspecified atom stereocenters. The second kappa shape index (κ2) is 4.56. The molecule has 0 radical (unpaired) electrons. The molecule has 1 fully saturated rings. The fourth-order valence-electron chi connectivity index (χ4n) is 2.93.